The summed E-state index contributed by atoms with van der Waals surface area (Å²) in [6, 6.07) is 16.3. The summed E-state index contributed by atoms with van der Waals surface area (Å²) in [5, 5.41) is 11.6. The van der Waals surface area contributed by atoms with Crippen LogP contribution < -0.4 is 10.9 Å². The molecule has 0 atom stereocenters. The average Bonchev–Trinajstić information content (AvgIpc) is 2.55. The number of rotatable bonds is 4. The number of anilines is 1. The lowest BCUT2D eigenvalue weighted by Gasteiger charge is -2.17. The molecular formula is C16H14ClN5O. The predicted molar refractivity (Wildman–Crippen MR) is 88.8 cm³/mol. The fourth-order valence-corrected chi connectivity index (χ4v) is 2.32. The summed E-state index contributed by atoms with van der Waals surface area (Å²) in [5.74, 6) is 6.45. The first-order chi connectivity index (χ1) is 11.1. The standard InChI is InChI=1S/C16H14ClN5O/c17-13-9-5-4-8-12(13)14-19-15(21-16(23)20-14)22(18)10-11-6-2-1-3-7-11/h1-9H,10,18H2,(H,19,20,21,23). The maximum absolute atomic E-state index is 9.77. The number of aromatic hydroxyl groups is 1. The molecule has 0 radical (unpaired) electrons. The molecule has 1 aromatic heterocycles. The van der Waals surface area contributed by atoms with Gasteiger partial charge in [0.2, 0.25) is 5.95 Å². The van der Waals surface area contributed by atoms with Crippen LogP contribution in [0.2, 0.25) is 5.02 Å². The summed E-state index contributed by atoms with van der Waals surface area (Å²) >= 11 is 6.15. The van der Waals surface area contributed by atoms with Crippen LogP contribution in [0, 0.1) is 0 Å². The van der Waals surface area contributed by atoms with E-state index in [9.17, 15) is 5.11 Å². The molecule has 0 spiro atoms. The number of aromatic nitrogens is 3. The molecule has 3 aromatic rings. The van der Waals surface area contributed by atoms with E-state index in [1.54, 1.807) is 18.2 Å². The van der Waals surface area contributed by atoms with Gasteiger partial charge in [0.1, 0.15) is 0 Å². The van der Waals surface area contributed by atoms with Gasteiger partial charge in [0.15, 0.2) is 5.82 Å². The van der Waals surface area contributed by atoms with E-state index in [0.717, 1.165) is 5.56 Å². The van der Waals surface area contributed by atoms with Gasteiger partial charge >= 0.3 is 6.01 Å². The Morgan fingerprint density at radius 3 is 2.39 bits per heavy atom. The van der Waals surface area contributed by atoms with Crippen molar-refractivity contribution in [2.45, 2.75) is 6.54 Å². The second-order valence-electron chi connectivity index (χ2n) is 4.85. The Hall–Kier alpha value is -2.70. The first-order valence-corrected chi connectivity index (χ1v) is 7.27. The normalized spacial score (nSPS) is 10.5. The number of nitrogens with zero attached hydrogens (tertiary/aromatic N) is 4. The quantitative estimate of drug-likeness (QED) is 0.566. The maximum atomic E-state index is 9.77. The predicted octanol–water partition coefficient (Wildman–Crippen LogP) is 2.78. The van der Waals surface area contributed by atoms with Crippen LogP contribution in [-0.4, -0.2) is 20.1 Å². The van der Waals surface area contributed by atoms with Crippen molar-refractivity contribution in [3.8, 4) is 17.4 Å². The van der Waals surface area contributed by atoms with Gasteiger partial charge in [0, 0.05) is 5.56 Å². The zero-order valence-corrected chi connectivity index (χ0v) is 12.9. The Kier molecular flexibility index (Phi) is 4.36. The fourth-order valence-electron chi connectivity index (χ4n) is 2.10. The Bertz CT molecular complexity index is 813. The summed E-state index contributed by atoms with van der Waals surface area (Å²) in [5.41, 5.74) is 1.59. The van der Waals surface area contributed by atoms with E-state index in [4.69, 9.17) is 17.4 Å². The lowest BCUT2D eigenvalue weighted by molar-refractivity contribution is 0.428. The molecule has 0 bridgehead atoms. The molecule has 1 heterocycles. The SMILES string of the molecule is NN(Cc1ccccc1)c1nc(O)nc(-c2ccccc2Cl)n1. The molecule has 0 saturated carbocycles. The first kappa shape index (κ1) is 15.2. The minimum Gasteiger partial charge on any atom is -0.479 e. The molecule has 2 aromatic carbocycles. The highest BCUT2D eigenvalue weighted by Crippen LogP contribution is 2.26. The number of halogens is 1. The molecular weight excluding hydrogens is 314 g/mol. The summed E-state index contributed by atoms with van der Waals surface area (Å²) in [6.45, 7) is 0.395. The molecule has 0 aliphatic rings. The molecule has 0 unspecified atom stereocenters. The van der Waals surface area contributed by atoms with Crippen molar-refractivity contribution in [3.05, 3.63) is 65.2 Å². The minimum absolute atomic E-state index is 0.163. The van der Waals surface area contributed by atoms with Gasteiger partial charge in [0.05, 0.1) is 11.6 Å². The zero-order chi connectivity index (χ0) is 16.2. The van der Waals surface area contributed by atoms with Gasteiger partial charge in [-0.3, -0.25) is 5.01 Å². The third-order valence-corrected chi connectivity index (χ3v) is 3.51. The molecule has 0 saturated heterocycles. The van der Waals surface area contributed by atoms with Crippen molar-refractivity contribution in [2.75, 3.05) is 5.01 Å². The molecule has 3 N–H and O–H groups in total. The molecule has 116 valence electrons. The van der Waals surface area contributed by atoms with Crippen molar-refractivity contribution < 1.29 is 5.11 Å². The second-order valence-corrected chi connectivity index (χ2v) is 5.26. The monoisotopic (exact) mass is 327 g/mol. The molecule has 0 aliphatic carbocycles. The third-order valence-electron chi connectivity index (χ3n) is 3.18. The maximum Gasteiger partial charge on any atom is 0.319 e. The second kappa shape index (κ2) is 6.60. The highest BCUT2D eigenvalue weighted by atomic mass is 35.5. The molecule has 0 amide bonds. The average molecular weight is 328 g/mol. The van der Waals surface area contributed by atoms with E-state index in [0.29, 0.717) is 17.1 Å². The van der Waals surface area contributed by atoms with Crippen molar-refractivity contribution in [3.63, 3.8) is 0 Å². The fraction of sp³-hybridized carbons (Fsp3) is 0.0625. The lowest BCUT2D eigenvalue weighted by Crippen LogP contribution is -2.32. The van der Waals surface area contributed by atoms with Crippen molar-refractivity contribution >= 4 is 17.5 Å². The summed E-state index contributed by atoms with van der Waals surface area (Å²) < 4.78 is 0. The zero-order valence-electron chi connectivity index (χ0n) is 12.1. The van der Waals surface area contributed by atoms with Gasteiger partial charge in [-0.2, -0.15) is 15.0 Å². The Labute approximate surface area is 138 Å². The van der Waals surface area contributed by atoms with E-state index >= 15 is 0 Å². The lowest BCUT2D eigenvalue weighted by atomic mass is 10.2. The van der Waals surface area contributed by atoms with Gasteiger partial charge in [-0.25, -0.2) is 5.84 Å². The molecule has 7 heteroatoms. The van der Waals surface area contributed by atoms with E-state index in [2.05, 4.69) is 15.0 Å². The Morgan fingerprint density at radius 1 is 0.957 bits per heavy atom. The molecule has 3 rings (SSSR count). The van der Waals surface area contributed by atoms with Gasteiger partial charge in [-0.1, -0.05) is 54.1 Å². The van der Waals surface area contributed by atoms with Crippen LogP contribution in [-0.2, 0) is 6.54 Å². The highest BCUT2D eigenvalue weighted by molar-refractivity contribution is 6.33. The van der Waals surface area contributed by atoms with Gasteiger partial charge in [-0.05, 0) is 17.7 Å². The van der Waals surface area contributed by atoms with Gasteiger partial charge < -0.3 is 5.11 Å². The van der Waals surface area contributed by atoms with Gasteiger partial charge in [0.25, 0.3) is 0 Å². The highest BCUT2D eigenvalue weighted by Gasteiger charge is 2.14. The summed E-state index contributed by atoms with van der Waals surface area (Å²) in [6.07, 6.45) is 0. The van der Waals surface area contributed by atoms with Crippen LogP contribution in [0.3, 0.4) is 0 Å². The van der Waals surface area contributed by atoms with Crippen molar-refractivity contribution in [1.29, 1.82) is 0 Å². The molecule has 0 fully saturated rings. The molecule has 23 heavy (non-hydrogen) atoms. The Balaban J connectivity index is 1.93. The van der Waals surface area contributed by atoms with Crippen molar-refractivity contribution in [2.24, 2.45) is 5.84 Å². The first-order valence-electron chi connectivity index (χ1n) is 6.89. The number of hydrazine groups is 1. The van der Waals surface area contributed by atoms with E-state index < -0.39 is 6.01 Å². The van der Waals surface area contributed by atoms with Crippen LogP contribution in [0.25, 0.3) is 11.4 Å². The van der Waals surface area contributed by atoms with E-state index in [-0.39, 0.29) is 11.8 Å². The van der Waals surface area contributed by atoms with E-state index in [1.165, 1.54) is 5.01 Å². The number of nitrogens with two attached hydrogens (primary N) is 1. The van der Waals surface area contributed by atoms with Gasteiger partial charge in [-0.15, -0.1) is 0 Å². The summed E-state index contributed by atoms with van der Waals surface area (Å²) in [7, 11) is 0. The number of hydrogen-bond acceptors (Lipinski definition) is 6. The van der Waals surface area contributed by atoms with Crippen LogP contribution in [0.4, 0.5) is 5.95 Å². The Morgan fingerprint density at radius 2 is 1.65 bits per heavy atom. The van der Waals surface area contributed by atoms with Crippen LogP contribution >= 0.6 is 11.6 Å². The topological polar surface area (TPSA) is 88.2 Å². The van der Waals surface area contributed by atoms with Crippen LogP contribution in [0.1, 0.15) is 5.56 Å². The van der Waals surface area contributed by atoms with E-state index in [1.807, 2.05) is 36.4 Å². The largest absolute Gasteiger partial charge is 0.479 e. The smallest absolute Gasteiger partial charge is 0.319 e. The third kappa shape index (κ3) is 3.56. The number of benzene rings is 2. The molecule has 6 nitrogen and oxygen atoms in total. The minimum atomic E-state index is -0.409. The summed E-state index contributed by atoms with van der Waals surface area (Å²) in [4.78, 5) is 12.1. The molecule has 0 aliphatic heterocycles. The van der Waals surface area contributed by atoms with Crippen LogP contribution in [0.15, 0.2) is 54.6 Å². The number of hydrogen-bond donors (Lipinski definition) is 2. The van der Waals surface area contributed by atoms with Crippen molar-refractivity contribution in [1.82, 2.24) is 15.0 Å². The van der Waals surface area contributed by atoms with Crippen LogP contribution in [0.5, 0.6) is 6.01 Å².